The summed E-state index contributed by atoms with van der Waals surface area (Å²) in [6.45, 7) is 0.355. The Balaban J connectivity index is 1.68. The maximum absolute atomic E-state index is 13.1. The van der Waals surface area contributed by atoms with Gasteiger partial charge in [0.05, 0.1) is 36.2 Å². The van der Waals surface area contributed by atoms with E-state index < -0.39 is 0 Å². The highest BCUT2D eigenvalue weighted by molar-refractivity contribution is 9.10. The number of nitrogens with zero attached hydrogens (tertiary/aromatic N) is 3. The standard InChI is InChI=1S/C25H22BrN3O3/c1-31-14-20-24(15-7-9-17(26)10-8-15)25-27-13-19-21(29(25)28-20)11-16(12-22(19)30)18-5-3-4-6-23(18)32-2/h3-10,13,16H,11-12,14H2,1-2H3/t16-/m0/s1. The van der Waals surface area contributed by atoms with Gasteiger partial charge in [-0.25, -0.2) is 9.50 Å². The second kappa shape index (κ2) is 8.48. The number of carbonyl (C=O) groups is 1. The van der Waals surface area contributed by atoms with E-state index in [0.717, 1.165) is 43.9 Å². The molecule has 0 bridgehead atoms. The lowest BCUT2D eigenvalue weighted by molar-refractivity contribution is 0.0961. The van der Waals surface area contributed by atoms with Crippen LogP contribution >= 0.6 is 15.9 Å². The average molecular weight is 492 g/mol. The van der Waals surface area contributed by atoms with E-state index in [4.69, 9.17) is 14.6 Å². The molecule has 0 amide bonds. The van der Waals surface area contributed by atoms with Gasteiger partial charge in [0.2, 0.25) is 0 Å². The van der Waals surface area contributed by atoms with Gasteiger partial charge in [-0.3, -0.25) is 4.79 Å². The van der Waals surface area contributed by atoms with Crippen molar-refractivity contribution >= 4 is 27.4 Å². The minimum absolute atomic E-state index is 0.0166. The maximum atomic E-state index is 13.1. The molecule has 5 rings (SSSR count). The second-order valence-electron chi connectivity index (χ2n) is 7.89. The Morgan fingerprint density at radius 2 is 1.88 bits per heavy atom. The van der Waals surface area contributed by atoms with Crippen molar-refractivity contribution < 1.29 is 14.3 Å². The largest absolute Gasteiger partial charge is 0.496 e. The van der Waals surface area contributed by atoms with E-state index in [-0.39, 0.29) is 11.7 Å². The van der Waals surface area contributed by atoms with Crippen LogP contribution in [-0.2, 0) is 17.8 Å². The minimum Gasteiger partial charge on any atom is -0.496 e. The third-order valence-electron chi connectivity index (χ3n) is 5.98. The molecule has 162 valence electrons. The van der Waals surface area contributed by atoms with Crippen molar-refractivity contribution in [1.29, 1.82) is 0 Å². The zero-order valence-electron chi connectivity index (χ0n) is 17.8. The Hall–Kier alpha value is -3.03. The highest BCUT2D eigenvalue weighted by atomic mass is 79.9. The van der Waals surface area contributed by atoms with Gasteiger partial charge in [0.25, 0.3) is 0 Å². The van der Waals surface area contributed by atoms with Crippen LogP contribution in [0, 0.1) is 0 Å². The smallest absolute Gasteiger partial charge is 0.166 e. The molecular weight excluding hydrogens is 470 g/mol. The van der Waals surface area contributed by atoms with Crippen LogP contribution in [0.1, 0.15) is 39.6 Å². The van der Waals surface area contributed by atoms with Crippen LogP contribution < -0.4 is 4.74 Å². The molecule has 0 saturated carbocycles. The summed E-state index contributed by atoms with van der Waals surface area (Å²) in [6.07, 6.45) is 2.80. The highest BCUT2D eigenvalue weighted by Crippen LogP contribution is 2.38. The van der Waals surface area contributed by atoms with Crippen LogP contribution in [0.2, 0.25) is 0 Å². The summed E-state index contributed by atoms with van der Waals surface area (Å²) in [6, 6.07) is 16.0. The molecule has 6 nitrogen and oxygen atoms in total. The van der Waals surface area contributed by atoms with Crippen molar-refractivity contribution in [2.45, 2.75) is 25.4 Å². The number of hydrogen-bond donors (Lipinski definition) is 0. The average Bonchev–Trinajstić information content (AvgIpc) is 3.18. The van der Waals surface area contributed by atoms with E-state index in [1.54, 1.807) is 20.4 Å². The number of para-hydroxylation sites is 1. The lowest BCUT2D eigenvalue weighted by Crippen LogP contribution is -2.23. The Labute approximate surface area is 194 Å². The third-order valence-corrected chi connectivity index (χ3v) is 6.51. The molecule has 0 saturated heterocycles. The quantitative estimate of drug-likeness (QED) is 0.382. The summed E-state index contributed by atoms with van der Waals surface area (Å²) in [4.78, 5) is 17.8. The Bertz CT molecular complexity index is 1310. The topological polar surface area (TPSA) is 65.7 Å². The zero-order valence-corrected chi connectivity index (χ0v) is 19.4. The van der Waals surface area contributed by atoms with Crippen molar-refractivity contribution in [3.05, 3.63) is 81.7 Å². The van der Waals surface area contributed by atoms with Crippen molar-refractivity contribution in [2.24, 2.45) is 0 Å². The molecule has 2 heterocycles. The molecule has 0 N–H and O–H groups in total. The first-order valence-corrected chi connectivity index (χ1v) is 11.2. The molecule has 0 aliphatic heterocycles. The monoisotopic (exact) mass is 491 g/mol. The maximum Gasteiger partial charge on any atom is 0.166 e. The van der Waals surface area contributed by atoms with E-state index in [2.05, 4.69) is 20.9 Å². The number of benzene rings is 2. The van der Waals surface area contributed by atoms with Gasteiger partial charge in [0.15, 0.2) is 11.4 Å². The highest BCUT2D eigenvalue weighted by Gasteiger charge is 2.31. The molecule has 4 aromatic rings. The number of rotatable bonds is 5. The first-order valence-electron chi connectivity index (χ1n) is 10.4. The molecule has 1 atom stereocenters. The van der Waals surface area contributed by atoms with E-state index in [9.17, 15) is 4.79 Å². The van der Waals surface area contributed by atoms with E-state index >= 15 is 0 Å². The van der Waals surface area contributed by atoms with Crippen LogP contribution in [0.15, 0.2) is 59.2 Å². The molecule has 2 aromatic carbocycles. The fourth-order valence-electron chi connectivity index (χ4n) is 4.52. The first kappa shape index (κ1) is 20.8. The van der Waals surface area contributed by atoms with Gasteiger partial charge >= 0.3 is 0 Å². The number of ketones is 1. The molecule has 1 aliphatic rings. The van der Waals surface area contributed by atoms with Crippen LogP contribution in [-0.4, -0.2) is 34.6 Å². The molecule has 0 unspecified atom stereocenters. The van der Waals surface area contributed by atoms with E-state index in [1.165, 1.54) is 0 Å². The number of ether oxygens (including phenoxy) is 2. The minimum atomic E-state index is 0.0166. The van der Waals surface area contributed by atoms with Crippen LogP contribution in [0.25, 0.3) is 16.8 Å². The summed E-state index contributed by atoms with van der Waals surface area (Å²) >= 11 is 3.50. The number of aromatic nitrogens is 3. The van der Waals surface area contributed by atoms with Gasteiger partial charge in [-0.05, 0) is 35.7 Å². The molecule has 32 heavy (non-hydrogen) atoms. The van der Waals surface area contributed by atoms with Gasteiger partial charge in [-0.1, -0.05) is 46.3 Å². The molecule has 0 fully saturated rings. The van der Waals surface area contributed by atoms with Crippen LogP contribution in [0.3, 0.4) is 0 Å². The van der Waals surface area contributed by atoms with Crippen molar-refractivity contribution in [3.63, 3.8) is 0 Å². The summed E-state index contributed by atoms with van der Waals surface area (Å²) in [5.74, 6) is 0.892. The summed E-state index contributed by atoms with van der Waals surface area (Å²) in [7, 11) is 3.31. The van der Waals surface area contributed by atoms with Crippen LogP contribution in [0.4, 0.5) is 0 Å². The predicted molar refractivity (Wildman–Crippen MR) is 125 cm³/mol. The Kier molecular flexibility index (Phi) is 5.53. The van der Waals surface area contributed by atoms with Gasteiger partial charge in [0, 0.05) is 30.1 Å². The van der Waals surface area contributed by atoms with Crippen LogP contribution in [0.5, 0.6) is 5.75 Å². The lowest BCUT2D eigenvalue weighted by Gasteiger charge is -2.25. The van der Waals surface area contributed by atoms with Gasteiger partial charge < -0.3 is 9.47 Å². The van der Waals surface area contributed by atoms with Gasteiger partial charge in [-0.2, -0.15) is 5.10 Å². The number of halogens is 1. The molecule has 1 aliphatic carbocycles. The summed E-state index contributed by atoms with van der Waals surface area (Å²) in [5.41, 5.74) is 6.01. The summed E-state index contributed by atoms with van der Waals surface area (Å²) in [5, 5.41) is 4.85. The van der Waals surface area contributed by atoms with Crippen molar-refractivity contribution in [2.75, 3.05) is 14.2 Å². The lowest BCUT2D eigenvalue weighted by atomic mass is 9.81. The Morgan fingerprint density at radius 3 is 2.62 bits per heavy atom. The molecule has 7 heteroatoms. The number of fused-ring (bicyclic) bond motifs is 3. The molecule has 0 radical (unpaired) electrons. The molecular formula is C25H22BrN3O3. The fraction of sp³-hybridized carbons (Fsp3) is 0.240. The Morgan fingerprint density at radius 1 is 1.09 bits per heavy atom. The van der Waals surface area contributed by atoms with Gasteiger partial charge in [0.1, 0.15) is 5.75 Å². The van der Waals surface area contributed by atoms with E-state index in [0.29, 0.717) is 25.0 Å². The van der Waals surface area contributed by atoms with Gasteiger partial charge in [-0.15, -0.1) is 0 Å². The third kappa shape index (κ3) is 3.51. The normalized spacial score (nSPS) is 15.7. The van der Waals surface area contributed by atoms with E-state index in [1.807, 2.05) is 53.0 Å². The molecule has 0 spiro atoms. The zero-order chi connectivity index (χ0) is 22.2. The number of hydrogen-bond acceptors (Lipinski definition) is 5. The number of methoxy groups -OCH3 is 2. The fourth-order valence-corrected chi connectivity index (χ4v) is 4.78. The summed E-state index contributed by atoms with van der Waals surface area (Å²) < 4.78 is 13.8. The number of Topliss-reactive ketones (excluding diaryl/α,β-unsaturated/α-hetero) is 1. The van der Waals surface area contributed by atoms with Crippen molar-refractivity contribution in [1.82, 2.24) is 14.6 Å². The molecule has 2 aromatic heterocycles. The van der Waals surface area contributed by atoms with Crippen molar-refractivity contribution in [3.8, 4) is 16.9 Å². The SMILES string of the molecule is COCc1nn2c3c(cnc2c1-c1ccc(Br)cc1)C(=O)C[C@@H](c1ccccc1OC)C3. The first-order chi connectivity index (χ1) is 15.6. The predicted octanol–water partition coefficient (Wildman–Crippen LogP) is 5.23. The number of carbonyl (C=O) groups excluding carboxylic acids is 1. The second-order valence-corrected chi connectivity index (χ2v) is 8.80.